The van der Waals surface area contributed by atoms with Crippen molar-refractivity contribution in [3.63, 3.8) is 0 Å². The van der Waals surface area contributed by atoms with Crippen molar-refractivity contribution >= 4 is 17.2 Å². The van der Waals surface area contributed by atoms with Crippen LogP contribution in [0.5, 0.6) is 17.4 Å². The highest BCUT2D eigenvalue weighted by atomic mass is 16.5. The number of carbonyl (C=O) groups is 1. The fourth-order valence-electron chi connectivity index (χ4n) is 1.96. The second-order valence-electron chi connectivity index (χ2n) is 4.35. The van der Waals surface area contributed by atoms with E-state index in [2.05, 4.69) is 9.97 Å². The van der Waals surface area contributed by atoms with Crippen LogP contribution in [0.25, 0.3) is 10.9 Å². The van der Waals surface area contributed by atoms with Crippen molar-refractivity contribution in [2.75, 3.05) is 7.11 Å². The lowest BCUT2D eigenvalue weighted by molar-refractivity contribution is 0.112. The van der Waals surface area contributed by atoms with Gasteiger partial charge in [-0.1, -0.05) is 0 Å². The van der Waals surface area contributed by atoms with Crippen LogP contribution in [0, 0.1) is 0 Å². The molecule has 0 aliphatic carbocycles. The first-order valence-corrected chi connectivity index (χ1v) is 6.32. The van der Waals surface area contributed by atoms with Crippen LogP contribution in [0.4, 0.5) is 0 Å². The molecule has 0 radical (unpaired) electrons. The standard InChI is InChI=1S/C16H12N2O3/c1-20-13-5-4-11-7-12(10-19)16(18-15(11)8-13)21-14-3-2-6-17-9-14/h2-10H,1H3. The van der Waals surface area contributed by atoms with Crippen LogP contribution in [0.2, 0.25) is 0 Å². The van der Waals surface area contributed by atoms with Crippen LogP contribution in [-0.2, 0) is 0 Å². The van der Waals surface area contributed by atoms with Gasteiger partial charge in [-0.05, 0) is 30.3 Å². The zero-order valence-corrected chi connectivity index (χ0v) is 11.3. The number of hydrogen-bond donors (Lipinski definition) is 0. The second kappa shape index (κ2) is 5.58. The van der Waals surface area contributed by atoms with Gasteiger partial charge in [-0.25, -0.2) is 4.98 Å². The molecular weight excluding hydrogens is 268 g/mol. The first-order chi connectivity index (χ1) is 10.3. The molecule has 0 aliphatic rings. The van der Waals surface area contributed by atoms with Gasteiger partial charge < -0.3 is 9.47 Å². The largest absolute Gasteiger partial charge is 0.497 e. The van der Waals surface area contributed by atoms with Crippen molar-refractivity contribution in [1.82, 2.24) is 9.97 Å². The van der Waals surface area contributed by atoms with Gasteiger partial charge in [0.2, 0.25) is 5.88 Å². The summed E-state index contributed by atoms with van der Waals surface area (Å²) in [4.78, 5) is 19.6. The Morgan fingerprint density at radius 2 is 2.05 bits per heavy atom. The van der Waals surface area contributed by atoms with E-state index in [0.29, 0.717) is 22.6 Å². The smallest absolute Gasteiger partial charge is 0.230 e. The number of benzene rings is 1. The summed E-state index contributed by atoms with van der Waals surface area (Å²) < 4.78 is 10.8. The molecule has 2 heterocycles. The van der Waals surface area contributed by atoms with Crippen molar-refractivity contribution in [3.05, 3.63) is 54.4 Å². The maximum atomic E-state index is 11.2. The zero-order chi connectivity index (χ0) is 14.7. The third kappa shape index (κ3) is 2.67. The SMILES string of the molecule is COc1ccc2cc(C=O)c(Oc3cccnc3)nc2c1. The molecule has 0 bridgehead atoms. The van der Waals surface area contributed by atoms with E-state index in [4.69, 9.17) is 9.47 Å². The average Bonchev–Trinajstić information content (AvgIpc) is 2.54. The second-order valence-corrected chi connectivity index (χ2v) is 4.35. The molecule has 0 atom stereocenters. The van der Waals surface area contributed by atoms with E-state index in [9.17, 15) is 4.79 Å². The highest BCUT2D eigenvalue weighted by Gasteiger charge is 2.09. The molecule has 0 spiro atoms. The Morgan fingerprint density at radius 3 is 2.76 bits per heavy atom. The number of pyridine rings is 2. The van der Waals surface area contributed by atoms with Gasteiger partial charge in [-0.3, -0.25) is 9.78 Å². The molecule has 1 aromatic carbocycles. The summed E-state index contributed by atoms with van der Waals surface area (Å²) in [7, 11) is 1.59. The predicted octanol–water partition coefficient (Wildman–Crippen LogP) is 3.24. The van der Waals surface area contributed by atoms with Crippen LogP contribution < -0.4 is 9.47 Å². The number of fused-ring (bicyclic) bond motifs is 1. The number of nitrogens with zero attached hydrogens (tertiary/aromatic N) is 2. The van der Waals surface area contributed by atoms with E-state index in [0.717, 1.165) is 11.7 Å². The first kappa shape index (κ1) is 13.1. The third-order valence-corrected chi connectivity index (χ3v) is 2.99. The summed E-state index contributed by atoms with van der Waals surface area (Å²) in [6, 6.07) is 10.7. The number of ether oxygens (including phenoxy) is 2. The van der Waals surface area contributed by atoms with Gasteiger partial charge >= 0.3 is 0 Å². The Kier molecular flexibility index (Phi) is 3.47. The van der Waals surface area contributed by atoms with Gasteiger partial charge in [0, 0.05) is 17.6 Å². The monoisotopic (exact) mass is 280 g/mol. The maximum Gasteiger partial charge on any atom is 0.230 e. The van der Waals surface area contributed by atoms with Crippen molar-refractivity contribution in [3.8, 4) is 17.4 Å². The number of rotatable bonds is 4. The van der Waals surface area contributed by atoms with E-state index in [1.165, 1.54) is 0 Å². The number of aromatic nitrogens is 2. The van der Waals surface area contributed by atoms with Gasteiger partial charge in [0.15, 0.2) is 6.29 Å². The first-order valence-electron chi connectivity index (χ1n) is 6.32. The van der Waals surface area contributed by atoms with E-state index >= 15 is 0 Å². The lowest BCUT2D eigenvalue weighted by Crippen LogP contribution is -1.95. The Bertz CT molecular complexity index is 788. The minimum atomic E-state index is 0.249. The molecule has 2 aromatic heterocycles. The Hall–Kier alpha value is -2.95. The van der Waals surface area contributed by atoms with Crippen LogP contribution >= 0.6 is 0 Å². The third-order valence-electron chi connectivity index (χ3n) is 2.99. The summed E-state index contributed by atoms with van der Waals surface area (Å²) >= 11 is 0. The van der Waals surface area contributed by atoms with E-state index in [1.807, 2.05) is 12.1 Å². The minimum Gasteiger partial charge on any atom is -0.497 e. The van der Waals surface area contributed by atoms with Crippen molar-refractivity contribution in [1.29, 1.82) is 0 Å². The number of carbonyl (C=O) groups excluding carboxylic acids is 1. The Balaban J connectivity index is 2.09. The van der Waals surface area contributed by atoms with E-state index in [-0.39, 0.29) is 5.88 Å². The predicted molar refractivity (Wildman–Crippen MR) is 78.0 cm³/mol. The highest BCUT2D eigenvalue weighted by Crippen LogP contribution is 2.27. The van der Waals surface area contributed by atoms with Crippen LogP contribution in [0.1, 0.15) is 10.4 Å². The van der Waals surface area contributed by atoms with Crippen molar-refractivity contribution in [2.45, 2.75) is 0 Å². The van der Waals surface area contributed by atoms with E-state index < -0.39 is 0 Å². The lowest BCUT2D eigenvalue weighted by Gasteiger charge is -2.09. The average molecular weight is 280 g/mol. The van der Waals surface area contributed by atoms with Gasteiger partial charge in [-0.2, -0.15) is 0 Å². The van der Waals surface area contributed by atoms with E-state index in [1.54, 1.807) is 43.8 Å². The number of aldehydes is 1. The maximum absolute atomic E-state index is 11.2. The van der Waals surface area contributed by atoms with Crippen LogP contribution in [0.3, 0.4) is 0 Å². The zero-order valence-electron chi connectivity index (χ0n) is 11.3. The molecule has 0 aliphatic heterocycles. The molecule has 21 heavy (non-hydrogen) atoms. The summed E-state index contributed by atoms with van der Waals surface area (Å²) in [5.41, 5.74) is 1.08. The molecule has 0 amide bonds. The Labute approximate surface area is 121 Å². The number of methoxy groups -OCH3 is 1. The fourth-order valence-corrected chi connectivity index (χ4v) is 1.96. The molecular formula is C16H12N2O3. The number of hydrogen-bond acceptors (Lipinski definition) is 5. The molecule has 5 nitrogen and oxygen atoms in total. The molecule has 3 rings (SSSR count). The summed E-state index contributed by atoms with van der Waals surface area (Å²) in [5.74, 6) is 1.47. The topological polar surface area (TPSA) is 61.3 Å². The molecule has 0 saturated heterocycles. The molecule has 0 saturated carbocycles. The summed E-state index contributed by atoms with van der Waals surface area (Å²) in [6.07, 6.45) is 3.93. The van der Waals surface area contributed by atoms with Gasteiger partial charge in [0.05, 0.1) is 24.4 Å². The summed E-state index contributed by atoms with van der Waals surface area (Å²) in [5, 5.41) is 0.844. The summed E-state index contributed by atoms with van der Waals surface area (Å²) in [6.45, 7) is 0. The Morgan fingerprint density at radius 1 is 1.14 bits per heavy atom. The molecule has 0 fully saturated rings. The quantitative estimate of drug-likeness (QED) is 0.686. The van der Waals surface area contributed by atoms with Crippen LogP contribution in [0.15, 0.2) is 48.8 Å². The van der Waals surface area contributed by atoms with Crippen LogP contribution in [-0.4, -0.2) is 23.4 Å². The normalized spacial score (nSPS) is 10.3. The molecule has 0 unspecified atom stereocenters. The van der Waals surface area contributed by atoms with Gasteiger partial charge in [0.25, 0.3) is 0 Å². The molecule has 3 aromatic rings. The lowest BCUT2D eigenvalue weighted by atomic mass is 10.1. The fraction of sp³-hybridized carbons (Fsp3) is 0.0625. The van der Waals surface area contributed by atoms with Gasteiger partial charge in [-0.15, -0.1) is 0 Å². The minimum absolute atomic E-state index is 0.249. The van der Waals surface area contributed by atoms with Gasteiger partial charge in [0.1, 0.15) is 11.5 Å². The van der Waals surface area contributed by atoms with Crippen molar-refractivity contribution < 1.29 is 14.3 Å². The molecule has 0 N–H and O–H groups in total. The molecule has 5 heteroatoms. The highest BCUT2D eigenvalue weighted by molar-refractivity contribution is 5.89. The molecule has 104 valence electrons. The van der Waals surface area contributed by atoms with Crippen molar-refractivity contribution in [2.24, 2.45) is 0 Å².